The van der Waals surface area contributed by atoms with Crippen molar-refractivity contribution in [1.29, 1.82) is 0 Å². The Morgan fingerprint density at radius 1 is 1.52 bits per heavy atom. The van der Waals surface area contributed by atoms with Crippen LogP contribution in [0.1, 0.15) is 24.6 Å². The van der Waals surface area contributed by atoms with Gasteiger partial charge in [0.2, 0.25) is 0 Å². The maximum Gasteiger partial charge on any atom is 0.0929 e. The molecule has 0 amide bonds. The van der Waals surface area contributed by atoms with Crippen molar-refractivity contribution in [2.24, 2.45) is 5.73 Å². The fraction of sp³-hybridized carbons (Fsp3) is 0.786. The van der Waals surface area contributed by atoms with E-state index in [0.717, 1.165) is 31.6 Å². The second kappa shape index (κ2) is 7.07. The Hall–Kier alpha value is -0.660. The molecule has 1 fully saturated rings. The summed E-state index contributed by atoms with van der Waals surface area (Å²) in [5, 5.41) is 4.96. The summed E-state index contributed by atoms with van der Waals surface area (Å²) in [5.74, 6) is 0. The van der Waals surface area contributed by atoms with E-state index in [1.807, 2.05) is 18.8 Å². The van der Waals surface area contributed by atoms with Crippen molar-refractivity contribution in [3.8, 4) is 0 Å². The quantitative estimate of drug-likeness (QED) is 0.857. The maximum absolute atomic E-state index is 6.53. The minimum atomic E-state index is -0.433. The number of hydrogen-bond acceptors (Lipinski definition) is 5. The molecule has 1 aliphatic rings. The third-order valence-corrected chi connectivity index (χ3v) is 4.49. The van der Waals surface area contributed by atoms with Gasteiger partial charge in [-0.1, -0.05) is 11.6 Å². The van der Waals surface area contributed by atoms with Gasteiger partial charge in [0, 0.05) is 39.7 Å². The summed E-state index contributed by atoms with van der Waals surface area (Å²) in [6, 6.07) is -0.316. The molecule has 0 spiro atoms. The molecule has 0 aliphatic carbocycles. The molecule has 1 atom stereocenters. The largest absolute Gasteiger partial charge is 0.381 e. The van der Waals surface area contributed by atoms with Crippen LogP contribution in [0.15, 0.2) is 6.20 Å². The Balaban J connectivity index is 2.24. The number of likely N-dealkylation sites (N-methyl/N-ethyl adjacent to an activating group) is 1. The standard InChI is InChI=1S/C14H25ClN4O2/c1-18(2)6-7-19-12(11(15)10-17-19)13(16)14(20-3)4-8-21-9-5-14/h10,13H,4-9,16H2,1-3H3. The van der Waals surface area contributed by atoms with Crippen molar-refractivity contribution in [3.05, 3.63) is 16.9 Å². The number of hydrogen-bond donors (Lipinski definition) is 1. The van der Waals surface area contributed by atoms with E-state index in [9.17, 15) is 0 Å². The highest BCUT2D eigenvalue weighted by Gasteiger charge is 2.41. The first-order chi connectivity index (χ1) is 10.00. The van der Waals surface area contributed by atoms with Crippen LogP contribution in [0.2, 0.25) is 5.02 Å². The maximum atomic E-state index is 6.53. The smallest absolute Gasteiger partial charge is 0.0929 e. The fourth-order valence-corrected chi connectivity index (χ4v) is 3.02. The first-order valence-corrected chi connectivity index (χ1v) is 7.62. The average Bonchev–Trinajstić information content (AvgIpc) is 2.86. The molecule has 0 saturated carbocycles. The highest BCUT2D eigenvalue weighted by molar-refractivity contribution is 6.31. The summed E-state index contributed by atoms with van der Waals surface area (Å²) >= 11 is 6.33. The van der Waals surface area contributed by atoms with Crippen molar-refractivity contribution in [2.45, 2.75) is 31.0 Å². The summed E-state index contributed by atoms with van der Waals surface area (Å²) < 4.78 is 13.1. The van der Waals surface area contributed by atoms with E-state index >= 15 is 0 Å². The zero-order chi connectivity index (χ0) is 15.5. The zero-order valence-electron chi connectivity index (χ0n) is 13.0. The van der Waals surface area contributed by atoms with Crippen LogP contribution in [0.5, 0.6) is 0 Å². The van der Waals surface area contributed by atoms with Crippen LogP contribution in [0.25, 0.3) is 0 Å². The first-order valence-electron chi connectivity index (χ1n) is 7.24. The molecule has 0 bridgehead atoms. The predicted octanol–water partition coefficient (Wildman–Crippen LogP) is 1.29. The SMILES string of the molecule is COC1(C(N)c2c(Cl)cnn2CCN(C)C)CCOCC1. The lowest BCUT2D eigenvalue weighted by molar-refractivity contribution is -0.106. The summed E-state index contributed by atoms with van der Waals surface area (Å²) in [6.07, 6.45) is 3.19. The molecule has 0 aromatic carbocycles. The monoisotopic (exact) mass is 316 g/mol. The van der Waals surface area contributed by atoms with Gasteiger partial charge < -0.3 is 20.1 Å². The van der Waals surface area contributed by atoms with Crippen molar-refractivity contribution in [1.82, 2.24) is 14.7 Å². The predicted molar refractivity (Wildman–Crippen MR) is 82.5 cm³/mol. The second-order valence-electron chi connectivity index (χ2n) is 5.76. The van der Waals surface area contributed by atoms with Crippen LogP contribution >= 0.6 is 11.6 Å². The Morgan fingerprint density at radius 2 is 2.19 bits per heavy atom. The van der Waals surface area contributed by atoms with Gasteiger partial charge in [-0.2, -0.15) is 5.10 Å². The lowest BCUT2D eigenvalue weighted by Crippen LogP contribution is -2.48. The highest BCUT2D eigenvalue weighted by atomic mass is 35.5. The van der Waals surface area contributed by atoms with Gasteiger partial charge in [0.1, 0.15) is 0 Å². The van der Waals surface area contributed by atoms with Gasteiger partial charge in [0.25, 0.3) is 0 Å². The number of rotatable bonds is 6. The molecule has 1 aromatic rings. The number of nitrogens with two attached hydrogens (primary N) is 1. The third-order valence-electron chi connectivity index (χ3n) is 4.20. The summed E-state index contributed by atoms with van der Waals surface area (Å²) in [6.45, 7) is 2.94. The summed E-state index contributed by atoms with van der Waals surface area (Å²) in [4.78, 5) is 2.10. The molecule has 6 nitrogen and oxygen atoms in total. The van der Waals surface area contributed by atoms with Gasteiger partial charge in [0.15, 0.2) is 0 Å². The fourth-order valence-electron chi connectivity index (χ4n) is 2.76. The van der Waals surface area contributed by atoms with Crippen LogP contribution in [0.3, 0.4) is 0 Å². The minimum Gasteiger partial charge on any atom is -0.381 e. The topological polar surface area (TPSA) is 65.5 Å². The molecule has 7 heteroatoms. The molecular formula is C14H25ClN4O2. The Kier molecular flexibility index (Phi) is 5.62. The number of methoxy groups -OCH3 is 1. The van der Waals surface area contributed by atoms with E-state index in [-0.39, 0.29) is 6.04 Å². The minimum absolute atomic E-state index is 0.316. The second-order valence-corrected chi connectivity index (χ2v) is 6.17. The molecule has 1 aliphatic heterocycles. The van der Waals surface area contributed by atoms with Crippen LogP contribution < -0.4 is 5.73 Å². The van der Waals surface area contributed by atoms with Crippen LogP contribution in [0, 0.1) is 0 Å². The average molecular weight is 317 g/mol. The molecule has 120 valence electrons. The molecule has 1 aromatic heterocycles. The van der Waals surface area contributed by atoms with Crippen LogP contribution in [-0.2, 0) is 16.0 Å². The molecular weight excluding hydrogens is 292 g/mol. The van der Waals surface area contributed by atoms with Gasteiger partial charge in [-0.3, -0.25) is 4.68 Å². The third kappa shape index (κ3) is 3.57. The van der Waals surface area contributed by atoms with Gasteiger partial charge in [-0.05, 0) is 14.1 Å². The number of nitrogens with zero attached hydrogens (tertiary/aromatic N) is 3. The number of ether oxygens (including phenoxy) is 2. The van der Waals surface area contributed by atoms with E-state index in [4.69, 9.17) is 26.8 Å². The number of aromatic nitrogens is 2. The molecule has 1 saturated heterocycles. The Morgan fingerprint density at radius 3 is 2.76 bits per heavy atom. The van der Waals surface area contributed by atoms with Gasteiger partial charge in [-0.15, -0.1) is 0 Å². The van der Waals surface area contributed by atoms with Gasteiger partial charge in [-0.25, -0.2) is 0 Å². The van der Waals surface area contributed by atoms with Crippen molar-refractivity contribution in [3.63, 3.8) is 0 Å². The Labute approximate surface area is 131 Å². The van der Waals surface area contributed by atoms with Gasteiger partial charge >= 0.3 is 0 Å². The first kappa shape index (κ1) is 16.7. The van der Waals surface area contributed by atoms with Crippen molar-refractivity contribution >= 4 is 11.6 Å². The van der Waals surface area contributed by atoms with E-state index in [2.05, 4.69) is 10.00 Å². The molecule has 2 heterocycles. The lowest BCUT2D eigenvalue weighted by Gasteiger charge is -2.40. The molecule has 21 heavy (non-hydrogen) atoms. The van der Waals surface area contributed by atoms with E-state index in [1.54, 1.807) is 13.3 Å². The summed E-state index contributed by atoms with van der Waals surface area (Å²) in [5.41, 5.74) is 6.94. The highest BCUT2D eigenvalue weighted by Crippen LogP contribution is 2.38. The lowest BCUT2D eigenvalue weighted by atomic mass is 9.84. The Bertz CT molecular complexity index is 458. The van der Waals surface area contributed by atoms with E-state index in [1.165, 1.54) is 0 Å². The van der Waals surface area contributed by atoms with Gasteiger partial charge in [0.05, 0.1) is 35.1 Å². The van der Waals surface area contributed by atoms with Crippen molar-refractivity contribution < 1.29 is 9.47 Å². The zero-order valence-corrected chi connectivity index (χ0v) is 13.8. The van der Waals surface area contributed by atoms with E-state index < -0.39 is 5.60 Å². The van der Waals surface area contributed by atoms with Crippen LogP contribution in [0.4, 0.5) is 0 Å². The molecule has 1 unspecified atom stereocenters. The molecule has 0 radical (unpaired) electrons. The number of halogens is 1. The molecule has 2 N–H and O–H groups in total. The van der Waals surface area contributed by atoms with Crippen LogP contribution in [-0.4, -0.2) is 61.2 Å². The molecule has 2 rings (SSSR count). The van der Waals surface area contributed by atoms with E-state index in [0.29, 0.717) is 18.2 Å². The van der Waals surface area contributed by atoms with Crippen molar-refractivity contribution in [2.75, 3.05) is 41.0 Å². The summed E-state index contributed by atoms with van der Waals surface area (Å²) in [7, 11) is 5.76. The normalized spacial score (nSPS) is 19.9.